The second-order valence-corrected chi connectivity index (χ2v) is 10.3. The molecule has 0 saturated heterocycles. The molecule has 1 aliphatic heterocycles. The average Bonchev–Trinajstić information content (AvgIpc) is 2.44. The van der Waals surface area contributed by atoms with Gasteiger partial charge in [-0.15, -0.1) is 11.7 Å². The molecule has 1 aliphatic rings. The molecule has 1 unspecified atom stereocenters. The molecule has 14 heavy (non-hydrogen) atoms. The van der Waals surface area contributed by atoms with E-state index < -0.39 is 8.09 Å². The van der Waals surface area contributed by atoms with Gasteiger partial charge in [-0.1, -0.05) is 37.6 Å². The first-order valence-electron chi connectivity index (χ1n) is 4.16. The molecule has 0 fully saturated rings. The van der Waals surface area contributed by atoms with Crippen LogP contribution in [-0.4, -0.2) is 5.55 Å². The molecule has 1 atom stereocenters. The molecule has 0 N–H and O–H groups in total. The van der Waals surface area contributed by atoms with Crippen molar-refractivity contribution in [3.05, 3.63) is 35.7 Å². The molecule has 0 amide bonds. The van der Waals surface area contributed by atoms with Crippen LogP contribution in [0.2, 0.25) is 0 Å². The number of benzene rings is 1. The minimum absolute atomic E-state index is 1.05. The minimum atomic E-state index is -1.24. The van der Waals surface area contributed by atoms with E-state index in [9.17, 15) is 0 Å². The SMILES string of the molecule is C=C(C)SS1(S)C=Nc2ccccc21. The number of hydrogen-bond acceptors (Lipinski definition) is 3. The van der Waals surface area contributed by atoms with E-state index in [1.54, 1.807) is 10.8 Å². The van der Waals surface area contributed by atoms with E-state index in [1.165, 1.54) is 4.90 Å². The van der Waals surface area contributed by atoms with Gasteiger partial charge in [-0.2, -0.15) is 0 Å². The summed E-state index contributed by atoms with van der Waals surface area (Å²) in [5.74, 6) is 0. The van der Waals surface area contributed by atoms with Crippen molar-refractivity contribution in [2.75, 3.05) is 0 Å². The van der Waals surface area contributed by atoms with Crippen molar-refractivity contribution in [2.24, 2.45) is 4.99 Å². The number of hydrogen-bond donors (Lipinski definition) is 1. The molecule has 1 aromatic carbocycles. The third-order valence-electron chi connectivity index (χ3n) is 1.78. The van der Waals surface area contributed by atoms with Gasteiger partial charge in [0.25, 0.3) is 0 Å². The van der Waals surface area contributed by atoms with Crippen LogP contribution in [0.5, 0.6) is 0 Å². The first-order valence-corrected chi connectivity index (χ1v) is 8.24. The molecule has 0 radical (unpaired) electrons. The zero-order chi connectivity index (χ0) is 10.2. The van der Waals surface area contributed by atoms with Crippen LogP contribution in [0, 0.1) is 0 Å². The van der Waals surface area contributed by atoms with Crippen LogP contribution in [0.1, 0.15) is 6.92 Å². The molecule has 0 aliphatic carbocycles. The van der Waals surface area contributed by atoms with E-state index >= 15 is 0 Å². The predicted molar refractivity (Wildman–Crippen MR) is 71.8 cm³/mol. The third kappa shape index (κ3) is 1.74. The lowest BCUT2D eigenvalue weighted by atomic mass is 10.3. The van der Waals surface area contributed by atoms with Crippen molar-refractivity contribution in [1.82, 2.24) is 0 Å². The molecule has 74 valence electrons. The van der Waals surface area contributed by atoms with Gasteiger partial charge in [0.15, 0.2) is 0 Å². The lowest BCUT2D eigenvalue weighted by molar-refractivity contribution is 1.41. The average molecular weight is 241 g/mol. The Kier molecular flexibility index (Phi) is 2.68. The van der Waals surface area contributed by atoms with Crippen LogP contribution < -0.4 is 0 Å². The standard InChI is InChI=1S/C10H11NS3/c1-8(2)13-14(12)7-11-9-5-3-4-6-10(9)14/h3-7,12H,1H2,2H3. The van der Waals surface area contributed by atoms with Crippen LogP contribution in [0.15, 0.2) is 45.6 Å². The van der Waals surface area contributed by atoms with Crippen LogP contribution in [0.3, 0.4) is 0 Å². The van der Waals surface area contributed by atoms with E-state index in [0.717, 1.165) is 10.6 Å². The number of thiol groups is 1. The highest BCUT2D eigenvalue weighted by atomic mass is 33.5. The van der Waals surface area contributed by atoms with Crippen molar-refractivity contribution >= 4 is 41.8 Å². The quantitative estimate of drug-likeness (QED) is 0.592. The molecule has 1 aromatic rings. The highest BCUT2D eigenvalue weighted by molar-refractivity contribution is 9.26. The Bertz CT molecular complexity index is 414. The summed E-state index contributed by atoms with van der Waals surface area (Å²) in [6.45, 7) is 5.91. The van der Waals surface area contributed by atoms with Crippen LogP contribution in [-0.2, 0) is 0 Å². The predicted octanol–water partition coefficient (Wildman–Crippen LogP) is 4.55. The fourth-order valence-corrected chi connectivity index (χ4v) is 6.91. The topological polar surface area (TPSA) is 12.4 Å². The summed E-state index contributed by atoms with van der Waals surface area (Å²) in [6, 6.07) is 8.15. The lowest BCUT2D eigenvalue weighted by Crippen LogP contribution is -1.83. The Morgan fingerprint density at radius 1 is 1.50 bits per heavy atom. The fraction of sp³-hybridized carbons (Fsp3) is 0.100. The van der Waals surface area contributed by atoms with Gasteiger partial charge in [-0.25, -0.2) is 4.99 Å². The number of para-hydroxylation sites is 1. The van der Waals surface area contributed by atoms with Crippen molar-refractivity contribution in [3.8, 4) is 0 Å². The Labute approximate surface area is 94.2 Å². The summed E-state index contributed by atoms with van der Waals surface area (Å²) >= 11 is 4.74. The number of fused-ring (bicyclic) bond motifs is 1. The van der Waals surface area contributed by atoms with Gasteiger partial charge in [-0.05, 0) is 24.0 Å². The first kappa shape index (κ1) is 10.2. The molecule has 0 saturated carbocycles. The summed E-state index contributed by atoms with van der Waals surface area (Å²) in [4.78, 5) is 6.69. The largest absolute Gasteiger partial charge is 0.248 e. The minimum Gasteiger partial charge on any atom is -0.248 e. The van der Waals surface area contributed by atoms with Gasteiger partial charge in [0.05, 0.1) is 11.2 Å². The fourth-order valence-electron chi connectivity index (χ4n) is 1.28. The molecule has 0 aromatic heterocycles. The van der Waals surface area contributed by atoms with Crippen LogP contribution in [0.25, 0.3) is 0 Å². The monoisotopic (exact) mass is 241 g/mol. The number of nitrogens with zero attached hydrogens (tertiary/aromatic N) is 1. The van der Waals surface area contributed by atoms with Crippen molar-refractivity contribution < 1.29 is 0 Å². The molecule has 4 heteroatoms. The smallest absolute Gasteiger partial charge is 0.0775 e. The Morgan fingerprint density at radius 3 is 2.93 bits per heavy atom. The second-order valence-electron chi connectivity index (χ2n) is 3.06. The van der Waals surface area contributed by atoms with Gasteiger partial charge in [0, 0.05) is 4.90 Å². The summed E-state index contributed by atoms with van der Waals surface area (Å²) < 4.78 is 0. The maximum atomic E-state index is 4.74. The van der Waals surface area contributed by atoms with Crippen molar-refractivity contribution in [1.29, 1.82) is 0 Å². The Morgan fingerprint density at radius 2 is 2.21 bits per heavy atom. The van der Waals surface area contributed by atoms with Crippen LogP contribution >= 0.6 is 30.5 Å². The van der Waals surface area contributed by atoms with E-state index in [4.69, 9.17) is 11.7 Å². The maximum absolute atomic E-state index is 4.74. The third-order valence-corrected chi connectivity index (χ3v) is 7.65. The molecule has 0 spiro atoms. The zero-order valence-electron chi connectivity index (χ0n) is 7.80. The van der Waals surface area contributed by atoms with Gasteiger partial charge in [0.1, 0.15) is 0 Å². The molecule has 2 rings (SSSR count). The van der Waals surface area contributed by atoms with Gasteiger partial charge < -0.3 is 0 Å². The summed E-state index contributed by atoms with van der Waals surface area (Å²) in [5.41, 5.74) is 3.01. The Hall–Kier alpha value is -0.320. The first-order chi connectivity index (χ1) is 6.62. The van der Waals surface area contributed by atoms with E-state index in [1.807, 2.05) is 30.7 Å². The molecule has 0 bridgehead atoms. The van der Waals surface area contributed by atoms with Crippen molar-refractivity contribution in [2.45, 2.75) is 11.8 Å². The number of aliphatic imine (C=N–C) groups is 1. The molecular formula is C10H11NS3. The van der Waals surface area contributed by atoms with E-state index in [0.29, 0.717) is 0 Å². The molecule has 1 heterocycles. The van der Waals surface area contributed by atoms with Gasteiger partial charge in [-0.3, -0.25) is 0 Å². The summed E-state index contributed by atoms with van der Waals surface area (Å²) in [7, 11) is 0.468. The normalized spacial score (nSPS) is 28.1. The van der Waals surface area contributed by atoms with Gasteiger partial charge in [0.2, 0.25) is 0 Å². The zero-order valence-corrected chi connectivity index (χ0v) is 10.3. The highest BCUT2D eigenvalue weighted by Crippen LogP contribution is 2.74. The summed E-state index contributed by atoms with van der Waals surface area (Å²) in [5, 5.41) is 0. The summed E-state index contributed by atoms with van der Waals surface area (Å²) in [6.07, 6.45) is 0. The van der Waals surface area contributed by atoms with Crippen molar-refractivity contribution in [3.63, 3.8) is 0 Å². The molecular weight excluding hydrogens is 230 g/mol. The number of allylic oxidation sites excluding steroid dienone is 1. The Balaban J connectivity index is 2.42. The lowest BCUT2D eigenvalue weighted by Gasteiger charge is -2.25. The van der Waals surface area contributed by atoms with Gasteiger partial charge >= 0.3 is 0 Å². The second kappa shape index (κ2) is 3.68. The molecule has 1 nitrogen and oxygen atoms in total. The number of rotatable bonds is 2. The maximum Gasteiger partial charge on any atom is 0.0775 e. The van der Waals surface area contributed by atoms with E-state index in [2.05, 4.69) is 17.6 Å². The van der Waals surface area contributed by atoms with Crippen LogP contribution in [0.4, 0.5) is 5.69 Å². The van der Waals surface area contributed by atoms with E-state index in [-0.39, 0.29) is 0 Å². The highest BCUT2D eigenvalue weighted by Gasteiger charge is 2.28.